The Hall–Kier alpha value is -4.31. The van der Waals surface area contributed by atoms with Crippen LogP contribution >= 0.6 is 12.4 Å². The van der Waals surface area contributed by atoms with Gasteiger partial charge in [-0.1, -0.05) is 44.2 Å². The van der Waals surface area contributed by atoms with E-state index in [2.05, 4.69) is 24.1 Å². The molecule has 5 rings (SSSR count). The van der Waals surface area contributed by atoms with Gasteiger partial charge in [0.1, 0.15) is 22.8 Å². The molecule has 9 N–H and O–H groups in total. The van der Waals surface area contributed by atoms with Crippen LogP contribution in [0.15, 0.2) is 53.3 Å². The van der Waals surface area contributed by atoms with Crippen LogP contribution in [0.5, 0.6) is 5.75 Å². The van der Waals surface area contributed by atoms with Gasteiger partial charge in [0.15, 0.2) is 11.4 Å². The number of phenolic OH excluding ortho intramolecular Hbond substituents is 1. The van der Waals surface area contributed by atoms with Crippen LogP contribution in [0.4, 0.5) is 5.69 Å². The molecule has 2 amide bonds. The van der Waals surface area contributed by atoms with Crippen LogP contribution in [0, 0.1) is 25.7 Å². The van der Waals surface area contributed by atoms with Gasteiger partial charge in [-0.25, -0.2) is 0 Å². The number of carbonyl (C=O) groups is 4. The second-order valence-corrected chi connectivity index (χ2v) is 13.3. The molecular formula is C36H47ClN4O10. The SMILES string of the molecule is CCN(CC)CC(=O)Nc1c(C)cccc1C.CN(C)[C@@H]1C(=O)C(C(N)=O)=C(O)[C@@]2(O)C(=O)C3=C(O)c4c(O)cccc4[C@@](C)(O)[C@H]3[C@H](O)[C@@H]12.Cl. The number of hydrogen-bond donors (Lipinski definition) is 8. The molecule has 0 aromatic heterocycles. The number of aryl methyl sites for hydroxylation is 2. The molecular weight excluding hydrogens is 684 g/mol. The summed E-state index contributed by atoms with van der Waals surface area (Å²) in [4.78, 5) is 53.9. The lowest BCUT2D eigenvalue weighted by atomic mass is 9.53. The second-order valence-electron chi connectivity index (χ2n) is 13.3. The number of para-hydroxylation sites is 1. The van der Waals surface area contributed by atoms with Crippen molar-refractivity contribution < 1.29 is 49.8 Å². The lowest BCUT2D eigenvalue weighted by Crippen LogP contribution is -2.71. The number of aromatic hydroxyl groups is 1. The summed E-state index contributed by atoms with van der Waals surface area (Å²) in [5.41, 5.74) is 1.39. The molecule has 2 aromatic carbocycles. The third kappa shape index (κ3) is 6.75. The largest absolute Gasteiger partial charge is 0.508 e. The van der Waals surface area contributed by atoms with Gasteiger partial charge in [-0.2, -0.15) is 0 Å². The maximum atomic E-state index is 13.7. The van der Waals surface area contributed by atoms with Gasteiger partial charge >= 0.3 is 0 Å². The maximum absolute atomic E-state index is 13.7. The number of nitrogens with two attached hydrogens (primary N) is 1. The zero-order chi connectivity index (χ0) is 37.6. The molecule has 51 heavy (non-hydrogen) atoms. The molecule has 6 atom stereocenters. The number of Topliss-reactive ketones (excluding diaryl/α,β-unsaturated/α-hetero) is 2. The number of rotatable bonds is 7. The summed E-state index contributed by atoms with van der Waals surface area (Å²) in [5.74, 6) is -9.61. The second kappa shape index (κ2) is 15.1. The van der Waals surface area contributed by atoms with Crippen molar-refractivity contribution in [2.24, 2.45) is 17.6 Å². The molecule has 0 unspecified atom stereocenters. The van der Waals surface area contributed by atoms with E-state index in [4.69, 9.17) is 5.73 Å². The highest BCUT2D eigenvalue weighted by atomic mass is 35.5. The van der Waals surface area contributed by atoms with Crippen LogP contribution < -0.4 is 11.1 Å². The van der Waals surface area contributed by atoms with E-state index in [9.17, 15) is 49.8 Å². The number of primary amides is 1. The van der Waals surface area contributed by atoms with E-state index in [0.29, 0.717) is 6.54 Å². The van der Waals surface area contributed by atoms with E-state index >= 15 is 0 Å². The smallest absolute Gasteiger partial charge is 0.255 e. The molecule has 0 heterocycles. The average Bonchev–Trinajstić information content (AvgIpc) is 3.03. The minimum absolute atomic E-state index is 0. The quantitative estimate of drug-likeness (QED) is 0.190. The van der Waals surface area contributed by atoms with Crippen molar-refractivity contribution in [3.63, 3.8) is 0 Å². The summed E-state index contributed by atoms with van der Waals surface area (Å²) < 4.78 is 0. The Morgan fingerprint density at radius 2 is 1.51 bits per heavy atom. The van der Waals surface area contributed by atoms with Gasteiger partial charge < -0.3 is 41.7 Å². The van der Waals surface area contributed by atoms with Crippen molar-refractivity contribution in [3.8, 4) is 5.75 Å². The highest BCUT2D eigenvalue weighted by Gasteiger charge is 2.70. The van der Waals surface area contributed by atoms with Crippen LogP contribution in [0.2, 0.25) is 0 Å². The van der Waals surface area contributed by atoms with Crippen LogP contribution in [0.25, 0.3) is 5.76 Å². The van der Waals surface area contributed by atoms with Crippen LogP contribution in [-0.4, -0.2) is 115 Å². The predicted molar refractivity (Wildman–Crippen MR) is 191 cm³/mol. The standard InChI is InChI=1S/C22H24N2O9.C14H22N2O.ClH/c1-21(32)7-5-4-6-8(25)9(7)15(26)10-12(21)17(28)13-14(24(2)3)16(27)11(20(23)31)19(30)22(13,33)18(10)29;1-5-16(6-2)10-13(17)15-14-11(3)8-7-9-12(14)4;/h4-6,12-14,17,25-26,28,30,32-33H,1-3H3,(H2,23,31);7-9H,5-6,10H2,1-4H3,(H,15,17);1H/t12-,13-,14+,17+,21-,22+;;/m1../s1. The van der Waals surface area contributed by atoms with E-state index in [1.165, 1.54) is 44.1 Å². The van der Waals surface area contributed by atoms with E-state index in [0.717, 1.165) is 29.9 Å². The van der Waals surface area contributed by atoms with Crippen molar-refractivity contribution >= 4 is 47.2 Å². The molecule has 2 aromatic rings. The normalized spacial score (nSPS) is 26.8. The molecule has 1 saturated carbocycles. The predicted octanol–water partition coefficient (Wildman–Crippen LogP) is 1.61. The topological polar surface area (TPSA) is 234 Å². The number of amides is 2. The minimum atomic E-state index is -3.02. The third-order valence-electron chi connectivity index (χ3n) is 10.0. The van der Waals surface area contributed by atoms with Gasteiger partial charge in [0.25, 0.3) is 5.91 Å². The van der Waals surface area contributed by atoms with Crippen LogP contribution in [0.3, 0.4) is 0 Å². The number of nitrogens with one attached hydrogen (secondary N) is 1. The molecule has 1 fully saturated rings. The monoisotopic (exact) mass is 730 g/mol. The number of hydrogen-bond acceptors (Lipinski definition) is 12. The zero-order valence-corrected chi connectivity index (χ0v) is 30.4. The lowest BCUT2D eigenvalue weighted by molar-refractivity contribution is -0.181. The van der Waals surface area contributed by atoms with E-state index in [1.807, 2.05) is 32.0 Å². The van der Waals surface area contributed by atoms with Crippen molar-refractivity contribution in [1.82, 2.24) is 9.80 Å². The van der Waals surface area contributed by atoms with Crippen molar-refractivity contribution in [2.45, 2.75) is 58.0 Å². The van der Waals surface area contributed by atoms with Gasteiger partial charge in [0.05, 0.1) is 47.3 Å². The molecule has 3 aliphatic carbocycles. The number of likely N-dealkylation sites (N-methyl/N-ethyl adjacent to an activating group) is 2. The number of ketones is 2. The number of aliphatic hydroxyl groups is 5. The first kappa shape index (κ1) is 41.1. The summed E-state index contributed by atoms with van der Waals surface area (Å²) in [7, 11) is 2.80. The molecule has 0 aliphatic heterocycles. The summed E-state index contributed by atoms with van der Waals surface area (Å²) in [6.07, 6.45) is -1.87. The Bertz CT molecular complexity index is 1780. The number of benzene rings is 2. The van der Waals surface area contributed by atoms with Gasteiger partial charge in [-0.3, -0.25) is 29.0 Å². The first-order valence-corrected chi connectivity index (χ1v) is 16.2. The minimum Gasteiger partial charge on any atom is -0.508 e. The molecule has 3 aliphatic rings. The first-order valence-electron chi connectivity index (χ1n) is 16.2. The van der Waals surface area contributed by atoms with Gasteiger partial charge in [0, 0.05) is 5.69 Å². The Morgan fingerprint density at radius 1 is 0.961 bits per heavy atom. The average molecular weight is 731 g/mol. The number of fused-ring (bicyclic) bond motifs is 3. The summed E-state index contributed by atoms with van der Waals surface area (Å²) in [5, 5.41) is 69.3. The Balaban J connectivity index is 0.000000331. The molecule has 0 radical (unpaired) electrons. The highest BCUT2D eigenvalue weighted by Crippen LogP contribution is 2.57. The molecule has 0 saturated heterocycles. The van der Waals surface area contributed by atoms with Crippen molar-refractivity contribution in [1.29, 1.82) is 0 Å². The third-order valence-corrected chi connectivity index (χ3v) is 10.0. The Labute approximate surface area is 302 Å². The lowest BCUT2D eigenvalue weighted by Gasteiger charge is -2.55. The van der Waals surface area contributed by atoms with Crippen LogP contribution in [-0.2, 0) is 24.8 Å². The van der Waals surface area contributed by atoms with Gasteiger partial charge in [-0.15, -0.1) is 12.4 Å². The maximum Gasteiger partial charge on any atom is 0.255 e. The number of nitrogens with zero attached hydrogens (tertiary/aromatic N) is 2. The first-order chi connectivity index (χ1) is 23.3. The Morgan fingerprint density at radius 3 is 2.02 bits per heavy atom. The molecule has 278 valence electrons. The fourth-order valence-electron chi connectivity index (χ4n) is 7.44. The number of halogens is 1. The van der Waals surface area contributed by atoms with Gasteiger partial charge in [0.2, 0.25) is 11.7 Å². The van der Waals surface area contributed by atoms with E-state index in [-0.39, 0.29) is 29.4 Å². The summed E-state index contributed by atoms with van der Waals surface area (Å²) >= 11 is 0. The van der Waals surface area contributed by atoms with Crippen molar-refractivity contribution in [2.75, 3.05) is 39.0 Å². The fourth-order valence-corrected chi connectivity index (χ4v) is 7.44. The molecule has 14 nitrogen and oxygen atoms in total. The number of carbonyl (C=O) groups excluding carboxylic acids is 4. The molecule has 0 spiro atoms. The number of anilines is 1. The summed E-state index contributed by atoms with van der Waals surface area (Å²) in [6.45, 7) is 11.7. The zero-order valence-electron chi connectivity index (χ0n) is 29.6. The Kier molecular flexibility index (Phi) is 12.2. The van der Waals surface area contributed by atoms with E-state index in [1.54, 1.807) is 0 Å². The highest BCUT2D eigenvalue weighted by molar-refractivity contribution is 6.24. The molecule has 15 heteroatoms. The summed E-state index contributed by atoms with van der Waals surface area (Å²) in [6, 6.07) is 8.53. The van der Waals surface area contributed by atoms with Crippen LogP contribution in [0.1, 0.15) is 43.0 Å². The number of phenols is 1. The van der Waals surface area contributed by atoms with Gasteiger partial charge in [-0.05, 0) is 70.7 Å². The van der Waals surface area contributed by atoms with E-state index < -0.39 is 81.1 Å². The fraction of sp³-hybridized carbons (Fsp3) is 0.444. The van der Waals surface area contributed by atoms with Crippen molar-refractivity contribution in [3.05, 3.63) is 75.6 Å². The number of aliphatic hydroxyl groups excluding tert-OH is 3. The molecule has 0 bridgehead atoms.